The fraction of sp³-hybridized carbons (Fsp3) is 0.467. The van der Waals surface area contributed by atoms with E-state index in [4.69, 9.17) is 5.11 Å². The van der Waals surface area contributed by atoms with Gasteiger partial charge in [0.15, 0.2) is 0 Å². The first-order valence-corrected chi connectivity index (χ1v) is 6.98. The van der Waals surface area contributed by atoms with Crippen LogP contribution in [-0.4, -0.2) is 34.6 Å². The minimum Gasteiger partial charge on any atom is -0.478 e. The molecule has 0 aromatic heterocycles. The maximum absolute atomic E-state index is 12.1. The average molecular weight is 276 g/mol. The first kappa shape index (κ1) is 14.4. The summed E-state index contributed by atoms with van der Waals surface area (Å²) < 4.78 is 0. The minimum absolute atomic E-state index is 0.0309. The van der Waals surface area contributed by atoms with Crippen LogP contribution in [-0.2, 0) is 6.54 Å². The van der Waals surface area contributed by atoms with Gasteiger partial charge in [-0.05, 0) is 37.0 Å². The van der Waals surface area contributed by atoms with Gasteiger partial charge in [-0.25, -0.2) is 9.59 Å². The Balaban J connectivity index is 1.87. The van der Waals surface area contributed by atoms with E-state index in [1.165, 1.54) is 0 Å². The smallest absolute Gasteiger partial charge is 0.335 e. The number of urea groups is 1. The molecule has 2 amide bonds. The molecule has 1 saturated carbocycles. The second-order valence-electron chi connectivity index (χ2n) is 5.09. The molecule has 1 aliphatic carbocycles. The quantitative estimate of drug-likeness (QED) is 0.838. The molecule has 0 spiro atoms. The van der Waals surface area contributed by atoms with Crippen molar-refractivity contribution in [2.75, 3.05) is 6.54 Å². The van der Waals surface area contributed by atoms with Gasteiger partial charge >= 0.3 is 12.0 Å². The van der Waals surface area contributed by atoms with Crippen LogP contribution in [0.1, 0.15) is 42.1 Å². The molecule has 0 unspecified atom stereocenters. The number of aromatic carboxylic acids is 1. The molecule has 1 fully saturated rings. The molecule has 0 atom stereocenters. The van der Waals surface area contributed by atoms with Crippen LogP contribution in [0.5, 0.6) is 0 Å². The average Bonchev–Trinajstić information content (AvgIpc) is 3.27. The van der Waals surface area contributed by atoms with Gasteiger partial charge in [0.2, 0.25) is 0 Å². The van der Waals surface area contributed by atoms with Crippen molar-refractivity contribution in [1.82, 2.24) is 10.2 Å². The third-order valence-electron chi connectivity index (χ3n) is 3.36. The number of carbonyl (C=O) groups excluding carboxylic acids is 1. The van der Waals surface area contributed by atoms with Gasteiger partial charge in [0.05, 0.1) is 5.56 Å². The zero-order valence-electron chi connectivity index (χ0n) is 11.6. The van der Waals surface area contributed by atoms with E-state index in [0.717, 1.165) is 31.4 Å². The molecule has 0 saturated heterocycles. The van der Waals surface area contributed by atoms with Gasteiger partial charge in [-0.2, -0.15) is 0 Å². The molecule has 0 bridgehead atoms. The van der Waals surface area contributed by atoms with Crippen molar-refractivity contribution in [3.05, 3.63) is 35.4 Å². The molecule has 0 aliphatic heterocycles. The van der Waals surface area contributed by atoms with Crippen LogP contribution in [0.2, 0.25) is 0 Å². The van der Waals surface area contributed by atoms with Crippen LogP contribution in [0.25, 0.3) is 0 Å². The summed E-state index contributed by atoms with van der Waals surface area (Å²) in [7, 11) is 0. The van der Waals surface area contributed by atoms with Gasteiger partial charge in [0.25, 0.3) is 0 Å². The van der Waals surface area contributed by atoms with Crippen LogP contribution >= 0.6 is 0 Å². The van der Waals surface area contributed by atoms with E-state index in [1.807, 2.05) is 4.90 Å². The Labute approximate surface area is 118 Å². The number of carboxylic acids is 1. The van der Waals surface area contributed by atoms with E-state index in [-0.39, 0.29) is 11.6 Å². The minimum atomic E-state index is -0.941. The Morgan fingerprint density at radius 3 is 2.45 bits per heavy atom. The molecule has 20 heavy (non-hydrogen) atoms. The summed E-state index contributed by atoms with van der Waals surface area (Å²) in [6.45, 7) is 3.27. The standard InChI is InChI=1S/C15H20N2O3/c1-2-9-17(13-7-8-13)15(20)16-10-11-3-5-12(6-4-11)14(18)19/h3-6,13H,2,7-10H2,1H3,(H,16,20)(H,18,19). The number of benzene rings is 1. The molecule has 1 aromatic rings. The Kier molecular flexibility index (Phi) is 4.61. The van der Waals surface area contributed by atoms with Crippen LogP contribution in [0.3, 0.4) is 0 Å². The highest BCUT2D eigenvalue weighted by molar-refractivity contribution is 5.87. The van der Waals surface area contributed by atoms with Crippen molar-refractivity contribution in [2.24, 2.45) is 0 Å². The molecule has 2 rings (SSSR count). The van der Waals surface area contributed by atoms with Crippen molar-refractivity contribution in [3.8, 4) is 0 Å². The second-order valence-corrected chi connectivity index (χ2v) is 5.09. The predicted molar refractivity (Wildman–Crippen MR) is 75.7 cm³/mol. The molecular weight excluding hydrogens is 256 g/mol. The van der Waals surface area contributed by atoms with Crippen LogP contribution in [0.4, 0.5) is 4.79 Å². The molecular formula is C15H20N2O3. The van der Waals surface area contributed by atoms with Crippen LogP contribution in [0.15, 0.2) is 24.3 Å². The van der Waals surface area contributed by atoms with Crippen LogP contribution in [0, 0.1) is 0 Å². The fourth-order valence-corrected chi connectivity index (χ4v) is 2.12. The third kappa shape index (κ3) is 3.73. The Morgan fingerprint density at radius 2 is 1.95 bits per heavy atom. The van der Waals surface area contributed by atoms with E-state index in [9.17, 15) is 9.59 Å². The second kappa shape index (κ2) is 6.41. The number of carbonyl (C=O) groups is 2. The fourth-order valence-electron chi connectivity index (χ4n) is 2.12. The molecule has 1 aliphatic rings. The maximum Gasteiger partial charge on any atom is 0.335 e. The summed E-state index contributed by atoms with van der Waals surface area (Å²) in [6, 6.07) is 6.93. The van der Waals surface area contributed by atoms with Gasteiger partial charge in [-0.1, -0.05) is 19.1 Å². The number of hydrogen-bond donors (Lipinski definition) is 2. The van der Waals surface area contributed by atoms with Gasteiger partial charge in [-0.3, -0.25) is 0 Å². The van der Waals surface area contributed by atoms with Crippen molar-refractivity contribution < 1.29 is 14.7 Å². The van der Waals surface area contributed by atoms with Gasteiger partial charge < -0.3 is 15.3 Å². The zero-order chi connectivity index (χ0) is 14.5. The first-order valence-electron chi connectivity index (χ1n) is 6.98. The predicted octanol–water partition coefficient (Wildman–Crippen LogP) is 2.47. The summed E-state index contributed by atoms with van der Waals surface area (Å²) in [5.74, 6) is -0.941. The molecule has 108 valence electrons. The molecule has 5 nitrogen and oxygen atoms in total. The first-order chi connectivity index (χ1) is 9.61. The molecule has 1 aromatic carbocycles. The lowest BCUT2D eigenvalue weighted by molar-refractivity contribution is 0.0697. The summed E-state index contributed by atoms with van der Waals surface area (Å²) in [4.78, 5) is 24.7. The zero-order valence-corrected chi connectivity index (χ0v) is 11.6. The van der Waals surface area contributed by atoms with E-state index < -0.39 is 5.97 Å². The maximum atomic E-state index is 12.1. The van der Waals surface area contributed by atoms with E-state index in [0.29, 0.717) is 12.6 Å². The highest BCUT2D eigenvalue weighted by Crippen LogP contribution is 2.26. The highest BCUT2D eigenvalue weighted by atomic mass is 16.4. The number of carboxylic acid groups (broad SMARTS) is 1. The van der Waals surface area contributed by atoms with E-state index >= 15 is 0 Å². The van der Waals surface area contributed by atoms with Gasteiger partial charge in [0.1, 0.15) is 0 Å². The molecule has 2 N–H and O–H groups in total. The van der Waals surface area contributed by atoms with Crippen LogP contribution < -0.4 is 5.32 Å². The Morgan fingerprint density at radius 1 is 1.30 bits per heavy atom. The van der Waals surface area contributed by atoms with Crippen molar-refractivity contribution in [2.45, 2.75) is 38.8 Å². The highest BCUT2D eigenvalue weighted by Gasteiger charge is 2.31. The lowest BCUT2D eigenvalue weighted by atomic mass is 10.1. The summed E-state index contributed by atoms with van der Waals surface area (Å²) >= 11 is 0. The van der Waals surface area contributed by atoms with E-state index in [2.05, 4.69) is 12.2 Å². The Hall–Kier alpha value is -2.04. The topological polar surface area (TPSA) is 69.6 Å². The van der Waals surface area contributed by atoms with Gasteiger partial charge in [0, 0.05) is 19.1 Å². The summed E-state index contributed by atoms with van der Waals surface area (Å²) in [5.41, 5.74) is 1.15. The monoisotopic (exact) mass is 276 g/mol. The summed E-state index contributed by atoms with van der Waals surface area (Å²) in [6.07, 6.45) is 3.15. The molecule has 5 heteroatoms. The Bertz CT molecular complexity index is 480. The third-order valence-corrected chi connectivity index (χ3v) is 3.36. The number of rotatable bonds is 6. The van der Waals surface area contributed by atoms with Crippen molar-refractivity contribution in [1.29, 1.82) is 0 Å². The summed E-state index contributed by atoms with van der Waals surface area (Å²) in [5, 5.41) is 11.7. The number of hydrogen-bond acceptors (Lipinski definition) is 2. The number of nitrogens with one attached hydrogen (secondary N) is 1. The number of nitrogens with zero attached hydrogens (tertiary/aromatic N) is 1. The van der Waals surface area contributed by atoms with Crippen molar-refractivity contribution >= 4 is 12.0 Å². The van der Waals surface area contributed by atoms with Gasteiger partial charge in [-0.15, -0.1) is 0 Å². The largest absolute Gasteiger partial charge is 0.478 e. The van der Waals surface area contributed by atoms with Crippen molar-refractivity contribution in [3.63, 3.8) is 0 Å². The normalized spacial score (nSPS) is 13.8. The lowest BCUT2D eigenvalue weighted by Crippen LogP contribution is -2.41. The SMILES string of the molecule is CCCN(C(=O)NCc1ccc(C(=O)O)cc1)C1CC1. The lowest BCUT2D eigenvalue weighted by Gasteiger charge is -2.22. The number of amides is 2. The molecule has 0 heterocycles. The van der Waals surface area contributed by atoms with E-state index in [1.54, 1.807) is 24.3 Å². The molecule has 0 radical (unpaired) electrons.